The lowest BCUT2D eigenvalue weighted by atomic mass is 10.0. The molecule has 1 heterocycles. The molecule has 0 aliphatic carbocycles. The van der Waals surface area contributed by atoms with Gasteiger partial charge in [-0.15, -0.1) is 0 Å². The molecule has 1 aromatic carbocycles. The summed E-state index contributed by atoms with van der Waals surface area (Å²) < 4.78 is 5.37. The Kier molecular flexibility index (Phi) is 4.80. The summed E-state index contributed by atoms with van der Waals surface area (Å²) in [5.74, 6) is -0.156. The summed E-state index contributed by atoms with van der Waals surface area (Å²) in [6, 6.07) is 7.35. The lowest BCUT2D eigenvalue weighted by Gasteiger charge is -2.41. The number of benzene rings is 1. The number of aliphatic carboxylic acids is 1. The van der Waals surface area contributed by atoms with Crippen LogP contribution in [0.5, 0.6) is 5.75 Å². The van der Waals surface area contributed by atoms with Crippen LogP contribution in [-0.4, -0.2) is 60.1 Å². The fourth-order valence-corrected chi connectivity index (χ4v) is 2.76. The molecule has 1 saturated heterocycles. The molecular formula is C15H20N2O4. The first-order chi connectivity index (χ1) is 10.0. The van der Waals surface area contributed by atoms with E-state index in [0.29, 0.717) is 25.4 Å². The van der Waals surface area contributed by atoms with E-state index < -0.39 is 5.97 Å². The first-order valence-electron chi connectivity index (χ1n) is 6.87. The molecule has 0 radical (unpaired) electrons. The second-order valence-electron chi connectivity index (χ2n) is 5.10. The van der Waals surface area contributed by atoms with Gasteiger partial charge in [-0.2, -0.15) is 0 Å². The number of amides is 1. The number of carboxylic acid groups (broad SMARTS) is 1. The Hall–Kier alpha value is -2.08. The van der Waals surface area contributed by atoms with Gasteiger partial charge < -0.3 is 14.7 Å². The molecule has 1 aliphatic heterocycles. The highest BCUT2D eigenvalue weighted by molar-refractivity contribution is 5.74. The number of carboxylic acids is 1. The quantitative estimate of drug-likeness (QED) is 0.896. The van der Waals surface area contributed by atoms with Gasteiger partial charge >= 0.3 is 5.97 Å². The van der Waals surface area contributed by atoms with E-state index in [0.717, 1.165) is 5.56 Å². The number of methoxy groups -OCH3 is 1. The van der Waals surface area contributed by atoms with Gasteiger partial charge in [0.2, 0.25) is 5.91 Å². The van der Waals surface area contributed by atoms with Crippen molar-refractivity contribution in [3.05, 3.63) is 29.8 Å². The van der Waals surface area contributed by atoms with Gasteiger partial charge in [0.15, 0.2) is 0 Å². The van der Waals surface area contributed by atoms with Crippen LogP contribution in [0.15, 0.2) is 24.3 Å². The Morgan fingerprint density at radius 1 is 1.33 bits per heavy atom. The molecule has 1 aromatic rings. The van der Waals surface area contributed by atoms with E-state index in [1.54, 1.807) is 12.0 Å². The number of rotatable bonds is 4. The van der Waals surface area contributed by atoms with Crippen LogP contribution in [0.3, 0.4) is 0 Å². The molecule has 6 nitrogen and oxygen atoms in total. The van der Waals surface area contributed by atoms with Crippen molar-refractivity contribution in [2.45, 2.75) is 13.0 Å². The first-order valence-corrected chi connectivity index (χ1v) is 6.87. The molecule has 1 amide bonds. The van der Waals surface area contributed by atoms with Crippen molar-refractivity contribution >= 4 is 11.9 Å². The van der Waals surface area contributed by atoms with Gasteiger partial charge in [-0.1, -0.05) is 18.2 Å². The molecule has 1 fully saturated rings. The van der Waals surface area contributed by atoms with Gasteiger partial charge in [-0.3, -0.25) is 14.5 Å². The third kappa shape index (κ3) is 3.52. The average Bonchev–Trinajstić information content (AvgIpc) is 2.46. The van der Waals surface area contributed by atoms with Crippen LogP contribution >= 0.6 is 0 Å². The van der Waals surface area contributed by atoms with E-state index in [1.807, 2.05) is 29.2 Å². The minimum atomic E-state index is -0.856. The summed E-state index contributed by atoms with van der Waals surface area (Å²) in [6.07, 6.45) is 0. The minimum Gasteiger partial charge on any atom is -0.496 e. The Balaban J connectivity index is 2.29. The zero-order valence-electron chi connectivity index (χ0n) is 12.3. The number of piperazine rings is 1. The summed E-state index contributed by atoms with van der Waals surface area (Å²) in [6.45, 7) is 3.10. The first kappa shape index (κ1) is 15.3. The van der Waals surface area contributed by atoms with Crippen molar-refractivity contribution in [1.82, 2.24) is 9.80 Å². The van der Waals surface area contributed by atoms with E-state index in [2.05, 4.69) is 0 Å². The number of nitrogens with zero attached hydrogens (tertiary/aromatic N) is 2. The molecule has 114 valence electrons. The maximum atomic E-state index is 11.9. The molecule has 1 aliphatic rings. The minimum absolute atomic E-state index is 0.0131. The number of carbonyl (C=O) groups is 2. The summed E-state index contributed by atoms with van der Waals surface area (Å²) in [5.41, 5.74) is 0.908. The second-order valence-corrected chi connectivity index (χ2v) is 5.10. The number of hydrogen-bond donors (Lipinski definition) is 1. The Morgan fingerprint density at radius 3 is 2.67 bits per heavy atom. The van der Waals surface area contributed by atoms with Crippen LogP contribution in [0, 0.1) is 0 Å². The van der Waals surface area contributed by atoms with Gasteiger partial charge in [0.25, 0.3) is 0 Å². The van der Waals surface area contributed by atoms with Crippen molar-refractivity contribution in [3.63, 3.8) is 0 Å². The highest BCUT2D eigenvalue weighted by Crippen LogP contribution is 2.32. The Labute approximate surface area is 123 Å². The SMILES string of the molecule is COc1ccccc1C1CN(CC(=O)O)CCN1C(C)=O. The monoisotopic (exact) mass is 292 g/mol. The van der Waals surface area contributed by atoms with Crippen LogP contribution in [0.25, 0.3) is 0 Å². The third-order valence-electron chi connectivity index (χ3n) is 3.73. The number of hydrogen-bond acceptors (Lipinski definition) is 4. The zero-order valence-corrected chi connectivity index (χ0v) is 12.3. The van der Waals surface area contributed by atoms with E-state index >= 15 is 0 Å². The third-order valence-corrected chi connectivity index (χ3v) is 3.73. The van der Waals surface area contributed by atoms with Crippen molar-refractivity contribution < 1.29 is 19.4 Å². The molecule has 0 aromatic heterocycles. The largest absolute Gasteiger partial charge is 0.496 e. The maximum absolute atomic E-state index is 11.9. The fraction of sp³-hybridized carbons (Fsp3) is 0.467. The zero-order chi connectivity index (χ0) is 15.4. The van der Waals surface area contributed by atoms with Crippen LogP contribution in [-0.2, 0) is 9.59 Å². The standard InChI is InChI=1S/C15H20N2O4/c1-11(18)17-8-7-16(10-15(19)20)9-13(17)12-5-3-4-6-14(12)21-2/h3-6,13H,7-10H2,1-2H3,(H,19,20). The second kappa shape index (κ2) is 6.58. The van der Waals surface area contributed by atoms with Gasteiger partial charge in [0.1, 0.15) is 5.75 Å². The molecule has 21 heavy (non-hydrogen) atoms. The van der Waals surface area contributed by atoms with Crippen molar-refractivity contribution in [2.75, 3.05) is 33.3 Å². The topological polar surface area (TPSA) is 70.1 Å². The van der Waals surface area contributed by atoms with Crippen LogP contribution in [0.4, 0.5) is 0 Å². The molecule has 0 saturated carbocycles. The van der Waals surface area contributed by atoms with E-state index in [4.69, 9.17) is 9.84 Å². The molecular weight excluding hydrogens is 272 g/mol. The molecule has 0 bridgehead atoms. The highest BCUT2D eigenvalue weighted by Gasteiger charge is 2.32. The molecule has 6 heteroatoms. The molecule has 1 unspecified atom stereocenters. The van der Waals surface area contributed by atoms with Gasteiger partial charge in [0.05, 0.1) is 19.7 Å². The van der Waals surface area contributed by atoms with E-state index in [9.17, 15) is 9.59 Å². The normalized spacial score (nSPS) is 19.3. The molecule has 1 atom stereocenters. The predicted octanol–water partition coefficient (Wildman–Crippen LogP) is 0.985. The van der Waals surface area contributed by atoms with E-state index in [1.165, 1.54) is 6.92 Å². The maximum Gasteiger partial charge on any atom is 0.317 e. The Morgan fingerprint density at radius 2 is 2.05 bits per heavy atom. The van der Waals surface area contributed by atoms with Gasteiger partial charge in [-0.25, -0.2) is 0 Å². The smallest absolute Gasteiger partial charge is 0.317 e. The number of ether oxygens (including phenoxy) is 1. The number of para-hydroxylation sites is 1. The lowest BCUT2D eigenvalue weighted by Crippen LogP contribution is -2.51. The summed E-state index contributed by atoms with van der Waals surface area (Å²) in [7, 11) is 1.59. The lowest BCUT2D eigenvalue weighted by molar-refractivity contribution is -0.140. The van der Waals surface area contributed by atoms with E-state index in [-0.39, 0.29) is 18.5 Å². The van der Waals surface area contributed by atoms with Gasteiger partial charge in [-0.05, 0) is 6.07 Å². The highest BCUT2D eigenvalue weighted by atomic mass is 16.5. The van der Waals surface area contributed by atoms with Crippen molar-refractivity contribution in [3.8, 4) is 5.75 Å². The van der Waals surface area contributed by atoms with Crippen molar-refractivity contribution in [2.24, 2.45) is 0 Å². The van der Waals surface area contributed by atoms with Crippen LogP contribution in [0.2, 0.25) is 0 Å². The van der Waals surface area contributed by atoms with Crippen LogP contribution < -0.4 is 4.74 Å². The summed E-state index contributed by atoms with van der Waals surface area (Å²) in [4.78, 5) is 26.4. The molecule has 2 rings (SSSR count). The summed E-state index contributed by atoms with van der Waals surface area (Å²) >= 11 is 0. The Bertz CT molecular complexity index is 532. The predicted molar refractivity (Wildman–Crippen MR) is 77.2 cm³/mol. The average molecular weight is 292 g/mol. The van der Waals surface area contributed by atoms with Crippen molar-refractivity contribution in [1.29, 1.82) is 0 Å². The molecule has 0 spiro atoms. The van der Waals surface area contributed by atoms with Gasteiger partial charge in [0, 0.05) is 32.1 Å². The van der Waals surface area contributed by atoms with Crippen LogP contribution in [0.1, 0.15) is 18.5 Å². The molecule has 1 N–H and O–H groups in total. The summed E-state index contributed by atoms with van der Waals surface area (Å²) in [5, 5.41) is 8.95. The fourth-order valence-electron chi connectivity index (χ4n) is 2.76. The number of carbonyl (C=O) groups excluding carboxylic acids is 1.